The largest absolute Gasteiger partial charge is 0.483 e. The van der Waals surface area contributed by atoms with Gasteiger partial charge in [-0.05, 0) is 55.4 Å². The van der Waals surface area contributed by atoms with Gasteiger partial charge in [0.15, 0.2) is 6.61 Å². The summed E-state index contributed by atoms with van der Waals surface area (Å²) in [4.78, 5) is 27.3. The molecule has 162 valence electrons. The second kappa shape index (κ2) is 9.82. The Morgan fingerprint density at radius 2 is 1.77 bits per heavy atom. The van der Waals surface area contributed by atoms with E-state index in [0.29, 0.717) is 23.6 Å². The normalized spacial score (nSPS) is 14.7. The van der Waals surface area contributed by atoms with Crippen LogP contribution in [0.15, 0.2) is 65.6 Å². The van der Waals surface area contributed by atoms with Gasteiger partial charge in [-0.25, -0.2) is 0 Å². The molecule has 4 rings (SSSR count). The summed E-state index contributed by atoms with van der Waals surface area (Å²) < 4.78 is 7.59. The number of aromatic nitrogens is 1. The van der Waals surface area contributed by atoms with Gasteiger partial charge in [0.2, 0.25) is 0 Å². The van der Waals surface area contributed by atoms with Crippen LogP contribution in [0.1, 0.15) is 31.7 Å². The number of aryl methyl sites for hydroxylation is 1. The van der Waals surface area contributed by atoms with E-state index in [4.69, 9.17) is 4.74 Å². The van der Waals surface area contributed by atoms with Gasteiger partial charge in [-0.3, -0.25) is 9.59 Å². The highest BCUT2D eigenvalue weighted by molar-refractivity contribution is 5.88. The number of hydrogen-bond donors (Lipinski definition) is 0. The second-order valence-electron chi connectivity index (χ2n) is 8.33. The number of pyridine rings is 1. The van der Waals surface area contributed by atoms with Crippen molar-refractivity contribution in [3.63, 3.8) is 0 Å². The average Bonchev–Trinajstić information content (AvgIpc) is 2.80. The number of benzene rings is 2. The van der Waals surface area contributed by atoms with Crippen LogP contribution in [0.3, 0.4) is 0 Å². The maximum Gasteiger partial charge on any atom is 0.260 e. The van der Waals surface area contributed by atoms with Crippen LogP contribution < -0.4 is 10.3 Å². The zero-order valence-corrected chi connectivity index (χ0v) is 18.1. The van der Waals surface area contributed by atoms with E-state index in [9.17, 15) is 9.59 Å². The molecule has 1 aromatic heterocycles. The van der Waals surface area contributed by atoms with E-state index in [1.54, 1.807) is 10.8 Å². The van der Waals surface area contributed by atoms with Crippen molar-refractivity contribution in [3.8, 4) is 5.75 Å². The fourth-order valence-corrected chi connectivity index (χ4v) is 4.40. The molecule has 1 amide bonds. The van der Waals surface area contributed by atoms with E-state index in [0.717, 1.165) is 44.2 Å². The topological polar surface area (TPSA) is 51.5 Å². The van der Waals surface area contributed by atoms with Gasteiger partial charge in [-0.15, -0.1) is 0 Å². The molecular formula is C26H30N2O3. The van der Waals surface area contributed by atoms with Crippen LogP contribution in [0.2, 0.25) is 0 Å². The van der Waals surface area contributed by atoms with Crippen molar-refractivity contribution >= 4 is 16.7 Å². The first-order valence-electron chi connectivity index (χ1n) is 11.2. The van der Waals surface area contributed by atoms with Crippen LogP contribution in [-0.2, 0) is 17.8 Å². The molecule has 0 unspecified atom stereocenters. The Balaban J connectivity index is 1.34. The minimum Gasteiger partial charge on any atom is -0.483 e. The summed E-state index contributed by atoms with van der Waals surface area (Å²) in [6, 6.07) is 17.9. The number of likely N-dealkylation sites (tertiary alicyclic amines) is 1. The van der Waals surface area contributed by atoms with Crippen molar-refractivity contribution in [1.82, 2.24) is 9.47 Å². The molecule has 1 aliphatic heterocycles. The SMILES string of the molecule is CCCn1ccc2c(OCC(=O)N3CCC(Cc4ccccc4)CC3)cccc2c1=O. The molecule has 1 saturated heterocycles. The van der Waals surface area contributed by atoms with E-state index >= 15 is 0 Å². The minimum atomic E-state index is -0.0170. The number of nitrogens with zero attached hydrogens (tertiary/aromatic N) is 2. The number of rotatable bonds is 7. The molecule has 0 N–H and O–H groups in total. The molecule has 3 aromatic rings. The van der Waals surface area contributed by atoms with Crippen molar-refractivity contribution in [2.75, 3.05) is 19.7 Å². The predicted octanol–water partition coefficient (Wildman–Crippen LogP) is 4.27. The van der Waals surface area contributed by atoms with Gasteiger partial charge in [0.05, 0.1) is 5.39 Å². The van der Waals surface area contributed by atoms with Crippen LogP contribution >= 0.6 is 0 Å². The third-order valence-electron chi connectivity index (χ3n) is 6.13. The Morgan fingerprint density at radius 3 is 2.52 bits per heavy atom. The predicted molar refractivity (Wildman–Crippen MR) is 123 cm³/mol. The van der Waals surface area contributed by atoms with Gasteiger partial charge in [0.1, 0.15) is 5.75 Å². The van der Waals surface area contributed by atoms with Crippen molar-refractivity contribution < 1.29 is 9.53 Å². The lowest BCUT2D eigenvalue weighted by Crippen LogP contribution is -2.41. The summed E-state index contributed by atoms with van der Waals surface area (Å²) >= 11 is 0. The molecule has 0 aliphatic carbocycles. The lowest BCUT2D eigenvalue weighted by Gasteiger charge is -2.32. The lowest BCUT2D eigenvalue weighted by atomic mass is 9.90. The summed E-state index contributed by atoms with van der Waals surface area (Å²) in [7, 11) is 0. The van der Waals surface area contributed by atoms with Gasteiger partial charge >= 0.3 is 0 Å². The Labute approximate surface area is 183 Å². The molecule has 1 aliphatic rings. The van der Waals surface area contributed by atoms with Crippen molar-refractivity contribution in [3.05, 3.63) is 76.7 Å². The maximum atomic E-state index is 12.7. The fraction of sp³-hybridized carbons (Fsp3) is 0.385. The fourth-order valence-electron chi connectivity index (χ4n) is 4.40. The molecule has 0 radical (unpaired) electrons. The highest BCUT2D eigenvalue weighted by Crippen LogP contribution is 2.24. The molecule has 0 bridgehead atoms. The third kappa shape index (κ3) is 4.98. The number of carbonyl (C=O) groups is 1. The number of hydrogen-bond acceptors (Lipinski definition) is 3. The second-order valence-corrected chi connectivity index (χ2v) is 8.33. The molecule has 2 heterocycles. The van der Waals surface area contributed by atoms with E-state index in [-0.39, 0.29) is 18.1 Å². The zero-order chi connectivity index (χ0) is 21.6. The smallest absolute Gasteiger partial charge is 0.260 e. The molecular weight excluding hydrogens is 388 g/mol. The average molecular weight is 419 g/mol. The van der Waals surface area contributed by atoms with Crippen LogP contribution in [-0.4, -0.2) is 35.1 Å². The molecule has 1 fully saturated rings. The third-order valence-corrected chi connectivity index (χ3v) is 6.13. The molecule has 0 atom stereocenters. The van der Waals surface area contributed by atoms with Crippen LogP contribution in [0.25, 0.3) is 10.8 Å². The number of ether oxygens (including phenoxy) is 1. The van der Waals surface area contributed by atoms with E-state index in [1.165, 1.54) is 5.56 Å². The quantitative estimate of drug-likeness (QED) is 0.576. The molecule has 0 spiro atoms. The van der Waals surface area contributed by atoms with E-state index < -0.39 is 0 Å². The van der Waals surface area contributed by atoms with Crippen LogP contribution in [0, 0.1) is 5.92 Å². The van der Waals surface area contributed by atoms with Crippen LogP contribution in [0.4, 0.5) is 0 Å². The van der Waals surface area contributed by atoms with Gasteiger partial charge < -0.3 is 14.2 Å². The van der Waals surface area contributed by atoms with Gasteiger partial charge in [0.25, 0.3) is 11.5 Å². The van der Waals surface area contributed by atoms with Crippen molar-refractivity contribution in [2.45, 2.75) is 39.2 Å². The van der Waals surface area contributed by atoms with Gasteiger partial charge in [0, 0.05) is 31.2 Å². The number of amides is 1. The Kier molecular flexibility index (Phi) is 6.70. The Bertz CT molecular complexity index is 1080. The summed E-state index contributed by atoms with van der Waals surface area (Å²) in [6.07, 6.45) is 5.82. The zero-order valence-electron chi connectivity index (χ0n) is 18.1. The van der Waals surface area contributed by atoms with Crippen LogP contribution in [0.5, 0.6) is 5.75 Å². The molecule has 2 aromatic carbocycles. The maximum absolute atomic E-state index is 12.7. The molecule has 31 heavy (non-hydrogen) atoms. The summed E-state index contributed by atoms with van der Waals surface area (Å²) in [5.74, 6) is 1.22. The standard InChI is InChI=1S/C26H30N2O3/c1-2-14-28-17-13-22-23(26(28)30)9-6-10-24(22)31-19-25(29)27-15-11-21(12-16-27)18-20-7-4-3-5-8-20/h3-10,13,17,21H,2,11-12,14-16,18-19H2,1H3. The first kappa shape index (κ1) is 21.2. The molecule has 5 heteroatoms. The number of fused-ring (bicyclic) bond motifs is 1. The first-order chi connectivity index (χ1) is 15.2. The van der Waals surface area contributed by atoms with Crippen molar-refractivity contribution in [2.24, 2.45) is 5.92 Å². The van der Waals surface area contributed by atoms with E-state index in [1.807, 2.05) is 42.2 Å². The molecule has 0 saturated carbocycles. The summed E-state index contributed by atoms with van der Waals surface area (Å²) in [6.45, 7) is 4.29. The monoisotopic (exact) mass is 418 g/mol. The van der Waals surface area contributed by atoms with Gasteiger partial charge in [-0.2, -0.15) is 0 Å². The highest BCUT2D eigenvalue weighted by atomic mass is 16.5. The lowest BCUT2D eigenvalue weighted by molar-refractivity contribution is -0.134. The van der Waals surface area contributed by atoms with Gasteiger partial charge in [-0.1, -0.05) is 43.3 Å². The first-order valence-corrected chi connectivity index (χ1v) is 11.2. The summed E-state index contributed by atoms with van der Waals surface area (Å²) in [5.41, 5.74) is 1.35. The molecule has 5 nitrogen and oxygen atoms in total. The summed E-state index contributed by atoms with van der Waals surface area (Å²) in [5, 5.41) is 1.39. The highest BCUT2D eigenvalue weighted by Gasteiger charge is 2.23. The number of piperidine rings is 1. The van der Waals surface area contributed by atoms with Crippen molar-refractivity contribution in [1.29, 1.82) is 0 Å². The Hall–Kier alpha value is -3.08. The Morgan fingerprint density at radius 1 is 1.00 bits per heavy atom. The number of carbonyl (C=O) groups excluding carboxylic acids is 1. The van der Waals surface area contributed by atoms with E-state index in [2.05, 4.69) is 24.3 Å². The minimum absolute atomic E-state index is 0.000506.